The zero-order valence-electron chi connectivity index (χ0n) is 10.1. The average molecular weight is 241 g/mol. The Bertz CT molecular complexity index is 600. The molecular weight excluding hydrogens is 226 g/mol. The standard InChI is InChI=1S/C14H15N3O/c18-12-4-8-17(9-5-12)7-3-11-10-16-14-13(11)2-1-6-15-14/h1-2,4,6,8,10H,3,5,7,9H2,(H,15,16). The highest BCUT2D eigenvalue weighted by Crippen LogP contribution is 2.16. The molecule has 0 aromatic carbocycles. The third kappa shape index (κ3) is 2.14. The summed E-state index contributed by atoms with van der Waals surface area (Å²) in [5.74, 6) is 0.225. The van der Waals surface area contributed by atoms with Crippen molar-refractivity contribution in [3.05, 3.63) is 42.4 Å². The second kappa shape index (κ2) is 4.64. The van der Waals surface area contributed by atoms with Crippen molar-refractivity contribution in [1.29, 1.82) is 0 Å². The average Bonchev–Trinajstić information content (AvgIpc) is 2.82. The van der Waals surface area contributed by atoms with Crippen molar-refractivity contribution in [1.82, 2.24) is 14.9 Å². The van der Waals surface area contributed by atoms with Crippen LogP contribution in [0.15, 0.2) is 36.8 Å². The van der Waals surface area contributed by atoms with Crippen LogP contribution in [0.3, 0.4) is 0 Å². The summed E-state index contributed by atoms with van der Waals surface area (Å²) in [6.45, 7) is 1.77. The van der Waals surface area contributed by atoms with Gasteiger partial charge >= 0.3 is 0 Å². The fourth-order valence-electron chi connectivity index (χ4n) is 2.27. The van der Waals surface area contributed by atoms with Crippen LogP contribution in [0.25, 0.3) is 11.0 Å². The molecule has 0 unspecified atom stereocenters. The summed E-state index contributed by atoms with van der Waals surface area (Å²) in [4.78, 5) is 20.7. The Morgan fingerprint density at radius 1 is 1.44 bits per heavy atom. The van der Waals surface area contributed by atoms with Gasteiger partial charge in [0, 0.05) is 43.5 Å². The lowest BCUT2D eigenvalue weighted by molar-refractivity contribution is -0.115. The van der Waals surface area contributed by atoms with Crippen LogP contribution in [0.4, 0.5) is 0 Å². The minimum Gasteiger partial charge on any atom is -0.376 e. The van der Waals surface area contributed by atoms with Crippen molar-refractivity contribution in [2.24, 2.45) is 0 Å². The van der Waals surface area contributed by atoms with E-state index in [1.54, 1.807) is 12.3 Å². The van der Waals surface area contributed by atoms with Crippen molar-refractivity contribution in [2.75, 3.05) is 13.1 Å². The van der Waals surface area contributed by atoms with Gasteiger partial charge in [-0.3, -0.25) is 4.79 Å². The van der Waals surface area contributed by atoms with E-state index in [2.05, 4.69) is 20.9 Å². The highest BCUT2D eigenvalue weighted by molar-refractivity contribution is 5.90. The Balaban J connectivity index is 1.70. The highest BCUT2D eigenvalue weighted by Gasteiger charge is 2.10. The Hall–Kier alpha value is -2.10. The molecule has 92 valence electrons. The van der Waals surface area contributed by atoms with E-state index in [0.29, 0.717) is 6.42 Å². The Morgan fingerprint density at radius 2 is 2.39 bits per heavy atom. The van der Waals surface area contributed by atoms with E-state index in [0.717, 1.165) is 25.2 Å². The SMILES string of the molecule is O=C1C=CN(CCc2c[nH]c3ncccc23)CC1. The van der Waals surface area contributed by atoms with E-state index in [4.69, 9.17) is 0 Å². The molecule has 18 heavy (non-hydrogen) atoms. The number of aromatic nitrogens is 2. The molecule has 2 aromatic heterocycles. The van der Waals surface area contributed by atoms with Crippen LogP contribution in [0.1, 0.15) is 12.0 Å². The van der Waals surface area contributed by atoms with Crippen molar-refractivity contribution >= 4 is 16.8 Å². The lowest BCUT2D eigenvalue weighted by Crippen LogP contribution is -2.26. The minimum absolute atomic E-state index is 0.225. The number of allylic oxidation sites excluding steroid dienone is 1. The summed E-state index contributed by atoms with van der Waals surface area (Å²) in [7, 11) is 0. The smallest absolute Gasteiger partial charge is 0.158 e. The molecular formula is C14H15N3O. The van der Waals surface area contributed by atoms with Gasteiger partial charge in [-0.1, -0.05) is 0 Å². The van der Waals surface area contributed by atoms with Crippen LogP contribution in [-0.2, 0) is 11.2 Å². The molecule has 0 radical (unpaired) electrons. The summed E-state index contributed by atoms with van der Waals surface area (Å²) < 4.78 is 0. The number of fused-ring (bicyclic) bond motifs is 1. The van der Waals surface area contributed by atoms with Crippen LogP contribution in [0, 0.1) is 0 Å². The van der Waals surface area contributed by atoms with Crippen LogP contribution in [0.2, 0.25) is 0 Å². The number of nitrogens with zero attached hydrogens (tertiary/aromatic N) is 2. The second-order valence-corrected chi connectivity index (χ2v) is 4.53. The third-order valence-electron chi connectivity index (χ3n) is 3.32. The lowest BCUT2D eigenvalue weighted by atomic mass is 10.1. The van der Waals surface area contributed by atoms with Gasteiger partial charge in [-0.05, 0) is 30.2 Å². The molecule has 0 aliphatic carbocycles. The van der Waals surface area contributed by atoms with E-state index < -0.39 is 0 Å². The number of rotatable bonds is 3. The first kappa shape index (κ1) is 11.0. The van der Waals surface area contributed by atoms with Crippen molar-refractivity contribution < 1.29 is 4.79 Å². The molecule has 0 amide bonds. The lowest BCUT2D eigenvalue weighted by Gasteiger charge is -2.22. The quantitative estimate of drug-likeness (QED) is 0.892. The monoisotopic (exact) mass is 241 g/mol. The van der Waals surface area contributed by atoms with Gasteiger partial charge in [0.1, 0.15) is 5.65 Å². The number of H-pyrrole nitrogens is 1. The van der Waals surface area contributed by atoms with E-state index >= 15 is 0 Å². The first-order chi connectivity index (χ1) is 8.83. The molecule has 4 nitrogen and oxygen atoms in total. The van der Waals surface area contributed by atoms with Gasteiger partial charge in [-0.25, -0.2) is 4.98 Å². The van der Waals surface area contributed by atoms with Crippen molar-refractivity contribution in [3.63, 3.8) is 0 Å². The number of aromatic amines is 1. The largest absolute Gasteiger partial charge is 0.376 e. The number of ketones is 1. The molecule has 1 aliphatic rings. The Morgan fingerprint density at radius 3 is 3.22 bits per heavy atom. The zero-order valence-corrected chi connectivity index (χ0v) is 10.1. The van der Waals surface area contributed by atoms with E-state index in [1.807, 2.05) is 18.5 Å². The number of nitrogens with one attached hydrogen (secondary N) is 1. The molecule has 0 bridgehead atoms. The first-order valence-electron chi connectivity index (χ1n) is 6.19. The number of carbonyl (C=O) groups is 1. The van der Waals surface area contributed by atoms with Gasteiger partial charge in [0.2, 0.25) is 0 Å². The first-order valence-corrected chi connectivity index (χ1v) is 6.19. The Labute approximate surface area is 105 Å². The van der Waals surface area contributed by atoms with Gasteiger partial charge in [0.25, 0.3) is 0 Å². The number of hydrogen-bond donors (Lipinski definition) is 1. The molecule has 4 heteroatoms. The number of carbonyl (C=O) groups excluding carboxylic acids is 1. The van der Waals surface area contributed by atoms with Gasteiger partial charge in [0.05, 0.1) is 0 Å². The highest BCUT2D eigenvalue weighted by atomic mass is 16.1. The van der Waals surface area contributed by atoms with Crippen molar-refractivity contribution in [3.8, 4) is 0 Å². The van der Waals surface area contributed by atoms with Gasteiger partial charge in [-0.2, -0.15) is 0 Å². The maximum absolute atomic E-state index is 11.1. The fourth-order valence-corrected chi connectivity index (χ4v) is 2.27. The van der Waals surface area contributed by atoms with Crippen LogP contribution < -0.4 is 0 Å². The van der Waals surface area contributed by atoms with Crippen molar-refractivity contribution in [2.45, 2.75) is 12.8 Å². The maximum atomic E-state index is 11.1. The predicted molar refractivity (Wildman–Crippen MR) is 70.1 cm³/mol. The number of hydrogen-bond acceptors (Lipinski definition) is 3. The second-order valence-electron chi connectivity index (χ2n) is 4.53. The molecule has 1 aliphatic heterocycles. The Kier molecular flexibility index (Phi) is 2.84. The minimum atomic E-state index is 0.225. The summed E-state index contributed by atoms with van der Waals surface area (Å²) in [5.41, 5.74) is 2.22. The molecule has 0 fully saturated rings. The maximum Gasteiger partial charge on any atom is 0.158 e. The molecule has 0 spiro atoms. The van der Waals surface area contributed by atoms with E-state index in [1.165, 1.54) is 10.9 Å². The van der Waals surface area contributed by atoms with Gasteiger partial charge in [0.15, 0.2) is 5.78 Å². The van der Waals surface area contributed by atoms with E-state index in [-0.39, 0.29) is 5.78 Å². The molecule has 1 N–H and O–H groups in total. The van der Waals surface area contributed by atoms with E-state index in [9.17, 15) is 4.79 Å². The summed E-state index contributed by atoms with van der Waals surface area (Å²) in [6, 6.07) is 4.04. The molecule has 3 rings (SSSR count). The third-order valence-corrected chi connectivity index (χ3v) is 3.32. The van der Waals surface area contributed by atoms with Crippen LogP contribution in [0.5, 0.6) is 0 Å². The number of pyridine rings is 1. The summed E-state index contributed by atoms with van der Waals surface area (Å²) in [6.07, 6.45) is 8.98. The molecule has 0 atom stereocenters. The summed E-state index contributed by atoms with van der Waals surface area (Å²) in [5, 5.41) is 1.19. The molecule has 3 heterocycles. The van der Waals surface area contributed by atoms with Crippen LogP contribution >= 0.6 is 0 Å². The topological polar surface area (TPSA) is 49.0 Å². The molecule has 0 saturated carbocycles. The predicted octanol–water partition coefficient (Wildman–Crippen LogP) is 1.89. The van der Waals surface area contributed by atoms with Gasteiger partial charge in [-0.15, -0.1) is 0 Å². The van der Waals surface area contributed by atoms with Gasteiger partial charge < -0.3 is 9.88 Å². The fraction of sp³-hybridized carbons (Fsp3) is 0.286. The molecule has 2 aromatic rings. The normalized spacial score (nSPS) is 15.6. The zero-order chi connectivity index (χ0) is 12.4. The summed E-state index contributed by atoms with van der Waals surface area (Å²) >= 11 is 0. The van der Waals surface area contributed by atoms with Crippen LogP contribution in [-0.4, -0.2) is 33.7 Å². The molecule has 0 saturated heterocycles.